The van der Waals surface area contributed by atoms with Gasteiger partial charge in [-0.25, -0.2) is 0 Å². The maximum Gasteiger partial charge on any atom is 0.121 e. The van der Waals surface area contributed by atoms with E-state index in [0.717, 1.165) is 18.3 Å². The van der Waals surface area contributed by atoms with E-state index >= 15 is 0 Å². The molecule has 1 N–H and O–H groups in total. The molecular formula is C18H23NOS. The SMILES string of the molecule is CNC1C=C(c2cc(OCC3CC3)cc(SC)c2)C=C1C. The number of benzene rings is 1. The summed E-state index contributed by atoms with van der Waals surface area (Å²) < 4.78 is 5.98. The standard InChI is InChI=1S/C18H23NOS/c1-12-6-14(9-18(12)19-2)15-7-16(10-17(8-15)21-3)20-11-13-4-5-13/h6-10,13,18-19H,4-5,11H2,1-3H3. The van der Waals surface area contributed by atoms with E-state index in [1.807, 2.05) is 7.05 Å². The topological polar surface area (TPSA) is 21.3 Å². The number of ether oxygens (including phenoxy) is 1. The molecule has 2 aliphatic rings. The van der Waals surface area contributed by atoms with Crippen molar-refractivity contribution in [2.45, 2.75) is 30.7 Å². The Balaban J connectivity index is 1.85. The van der Waals surface area contributed by atoms with Gasteiger partial charge in [-0.05, 0) is 68.3 Å². The molecule has 0 bridgehead atoms. The zero-order valence-electron chi connectivity index (χ0n) is 13.0. The fourth-order valence-corrected chi connectivity index (χ4v) is 3.10. The van der Waals surface area contributed by atoms with Crippen LogP contribution in [0.15, 0.2) is 40.8 Å². The zero-order valence-corrected chi connectivity index (χ0v) is 13.8. The number of nitrogens with one attached hydrogen (secondary N) is 1. The second-order valence-electron chi connectivity index (χ2n) is 5.93. The number of likely N-dealkylation sites (N-methyl/N-ethyl adjacent to an activating group) is 1. The first-order valence-electron chi connectivity index (χ1n) is 7.59. The second kappa shape index (κ2) is 6.29. The number of hydrogen-bond acceptors (Lipinski definition) is 3. The number of rotatable bonds is 6. The minimum atomic E-state index is 0.355. The molecule has 1 aromatic rings. The summed E-state index contributed by atoms with van der Waals surface area (Å²) in [5.74, 6) is 1.79. The van der Waals surface area contributed by atoms with Crippen LogP contribution in [0, 0.1) is 5.92 Å². The summed E-state index contributed by atoms with van der Waals surface area (Å²) >= 11 is 1.77. The molecule has 0 aliphatic heterocycles. The van der Waals surface area contributed by atoms with E-state index in [1.54, 1.807) is 11.8 Å². The molecule has 0 heterocycles. The summed E-state index contributed by atoms with van der Waals surface area (Å²) in [6, 6.07) is 6.93. The minimum Gasteiger partial charge on any atom is -0.493 e. The highest BCUT2D eigenvalue weighted by Gasteiger charge is 2.22. The van der Waals surface area contributed by atoms with Gasteiger partial charge >= 0.3 is 0 Å². The Morgan fingerprint density at radius 2 is 2.10 bits per heavy atom. The molecule has 1 unspecified atom stereocenters. The van der Waals surface area contributed by atoms with Crippen molar-refractivity contribution >= 4 is 17.3 Å². The quantitative estimate of drug-likeness (QED) is 0.798. The Labute approximate surface area is 131 Å². The normalized spacial score (nSPS) is 21.2. The summed E-state index contributed by atoms with van der Waals surface area (Å²) in [5.41, 5.74) is 3.91. The molecule has 21 heavy (non-hydrogen) atoms. The third kappa shape index (κ3) is 3.53. The molecule has 0 aromatic heterocycles. The first-order chi connectivity index (χ1) is 10.2. The summed E-state index contributed by atoms with van der Waals surface area (Å²) in [4.78, 5) is 1.26. The van der Waals surface area contributed by atoms with Crippen molar-refractivity contribution in [3.63, 3.8) is 0 Å². The molecule has 0 spiro atoms. The van der Waals surface area contributed by atoms with E-state index in [9.17, 15) is 0 Å². The Kier molecular flexibility index (Phi) is 4.41. The van der Waals surface area contributed by atoms with Crippen molar-refractivity contribution in [3.8, 4) is 5.75 Å². The van der Waals surface area contributed by atoms with Crippen LogP contribution in [0.5, 0.6) is 5.75 Å². The predicted octanol–water partition coefficient (Wildman–Crippen LogP) is 4.13. The number of thioether (sulfide) groups is 1. The highest BCUT2D eigenvalue weighted by atomic mass is 32.2. The molecule has 0 radical (unpaired) electrons. The van der Waals surface area contributed by atoms with Gasteiger partial charge in [0.1, 0.15) is 5.75 Å². The summed E-state index contributed by atoms with van der Waals surface area (Å²) in [6.07, 6.45) is 9.33. The van der Waals surface area contributed by atoms with Crippen LogP contribution in [0.25, 0.3) is 5.57 Å². The van der Waals surface area contributed by atoms with E-state index in [4.69, 9.17) is 4.74 Å². The fraction of sp³-hybridized carbons (Fsp3) is 0.444. The largest absolute Gasteiger partial charge is 0.493 e. The van der Waals surface area contributed by atoms with Gasteiger partial charge in [-0.3, -0.25) is 0 Å². The molecule has 2 aliphatic carbocycles. The lowest BCUT2D eigenvalue weighted by atomic mass is 10.1. The Morgan fingerprint density at radius 1 is 1.29 bits per heavy atom. The zero-order chi connectivity index (χ0) is 14.8. The van der Waals surface area contributed by atoms with E-state index in [2.05, 4.69) is 48.8 Å². The average Bonchev–Trinajstić information content (AvgIpc) is 3.26. The van der Waals surface area contributed by atoms with Gasteiger partial charge in [-0.2, -0.15) is 0 Å². The lowest BCUT2D eigenvalue weighted by Crippen LogP contribution is -2.21. The van der Waals surface area contributed by atoms with Gasteiger partial charge < -0.3 is 10.1 Å². The van der Waals surface area contributed by atoms with E-state index in [1.165, 1.54) is 34.4 Å². The van der Waals surface area contributed by atoms with E-state index in [-0.39, 0.29) is 0 Å². The summed E-state index contributed by atoms with van der Waals surface area (Å²) in [6.45, 7) is 3.04. The van der Waals surface area contributed by atoms with Crippen molar-refractivity contribution in [1.82, 2.24) is 5.32 Å². The number of allylic oxidation sites excluding steroid dienone is 2. The molecule has 1 saturated carbocycles. The molecule has 1 aromatic carbocycles. The molecular weight excluding hydrogens is 278 g/mol. The third-order valence-corrected chi connectivity index (χ3v) is 4.87. The lowest BCUT2D eigenvalue weighted by Gasteiger charge is -2.10. The third-order valence-electron chi connectivity index (χ3n) is 4.16. The summed E-state index contributed by atoms with van der Waals surface area (Å²) in [7, 11) is 2.00. The van der Waals surface area contributed by atoms with Crippen molar-refractivity contribution in [3.05, 3.63) is 41.5 Å². The predicted molar refractivity (Wildman–Crippen MR) is 91.0 cm³/mol. The lowest BCUT2D eigenvalue weighted by molar-refractivity contribution is 0.299. The molecule has 112 valence electrons. The van der Waals surface area contributed by atoms with Gasteiger partial charge in [0.2, 0.25) is 0 Å². The summed E-state index contributed by atoms with van der Waals surface area (Å²) in [5, 5.41) is 3.32. The highest BCUT2D eigenvalue weighted by molar-refractivity contribution is 7.98. The van der Waals surface area contributed by atoms with Crippen molar-refractivity contribution < 1.29 is 4.74 Å². The second-order valence-corrected chi connectivity index (χ2v) is 6.81. The van der Waals surface area contributed by atoms with Crippen LogP contribution >= 0.6 is 11.8 Å². The van der Waals surface area contributed by atoms with Crippen LogP contribution in [0.4, 0.5) is 0 Å². The van der Waals surface area contributed by atoms with Crippen LogP contribution in [0.3, 0.4) is 0 Å². The van der Waals surface area contributed by atoms with Crippen molar-refractivity contribution in [2.75, 3.05) is 19.9 Å². The first-order valence-corrected chi connectivity index (χ1v) is 8.81. The Bertz CT molecular complexity index is 587. The molecule has 2 nitrogen and oxygen atoms in total. The van der Waals surface area contributed by atoms with E-state index < -0.39 is 0 Å². The van der Waals surface area contributed by atoms with Gasteiger partial charge in [0, 0.05) is 10.9 Å². The molecule has 0 amide bonds. The monoisotopic (exact) mass is 301 g/mol. The minimum absolute atomic E-state index is 0.355. The Morgan fingerprint density at radius 3 is 2.71 bits per heavy atom. The van der Waals surface area contributed by atoms with Gasteiger partial charge in [-0.1, -0.05) is 17.7 Å². The number of hydrogen-bond donors (Lipinski definition) is 1. The smallest absolute Gasteiger partial charge is 0.121 e. The van der Waals surface area contributed by atoms with Crippen LogP contribution in [-0.2, 0) is 0 Å². The van der Waals surface area contributed by atoms with Crippen LogP contribution < -0.4 is 10.1 Å². The molecule has 3 rings (SSSR count). The van der Waals surface area contributed by atoms with Crippen LogP contribution in [0.2, 0.25) is 0 Å². The molecule has 1 atom stereocenters. The fourth-order valence-electron chi connectivity index (χ4n) is 2.62. The first kappa shape index (κ1) is 14.7. The van der Waals surface area contributed by atoms with Crippen molar-refractivity contribution in [2.24, 2.45) is 5.92 Å². The molecule has 3 heteroatoms. The molecule has 1 fully saturated rings. The van der Waals surface area contributed by atoms with Gasteiger partial charge in [0.05, 0.1) is 6.61 Å². The maximum absolute atomic E-state index is 5.98. The van der Waals surface area contributed by atoms with Crippen LogP contribution in [-0.4, -0.2) is 26.0 Å². The maximum atomic E-state index is 5.98. The average molecular weight is 301 g/mol. The van der Waals surface area contributed by atoms with Crippen LogP contribution in [0.1, 0.15) is 25.3 Å². The highest BCUT2D eigenvalue weighted by Crippen LogP contribution is 2.34. The molecule has 0 saturated heterocycles. The van der Waals surface area contributed by atoms with Gasteiger partial charge in [0.25, 0.3) is 0 Å². The Hall–Kier alpha value is -1.19. The van der Waals surface area contributed by atoms with Gasteiger partial charge in [-0.15, -0.1) is 11.8 Å². The van der Waals surface area contributed by atoms with E-state index in [0.29, 0.717) is 6.04 Å². The van der Waals surface area contributed by atoms with Crippen molar-refractivity contribution in [1.29, 1.82) is 0 Å². The van der Waals surface area contributed by atoms with Gasteiger partial charge in [0.15, 0.2) is 0 Å².